The molecule has 0 aliphatic heterocycles. The van der Waals surface area contributed by atoms with Crippen molar-refractivity contribution >= 4 is 50.9 Å². The van der Waals surface area contributed by atoms with E-state index in [1.807, 2.05) is 24.3 Å². The first-order valence-electron chi connectivity index (χ1n) is 12.3. The van der Waals surface area contributed by atoms with Gasteiger partial charge in [0.1, 0.15) is 0 Å². The standard InChI is InChI=1S/C27H36BrN3O5S/c1-7-31(25(29)34)19(32)14-36-21-20(28)22(37-23(21)24(33)35-6)16-9-8-10-17(11-16)30-18-12-26(2,3)15-27(4,5)13-18/h8-11,18,30H,7,12-15H2,1-6H3,(H2,29,34). The van der Waals surface area contributed by atoms with Crippen LogP contribution in [0.2, 0.25) is 0 Å². The number of thiophene rings is 1. The molecule has 0 unspecified atom stereocenters. The summed E-state index contributed by atoms with van der Waals surface area (Å²) >= 11 is 4.77. The Bertz CT molecular complexity index is 1160. The molecule has 3 N–H and O–H groups in total. The first-order valence-corrected chi connectivity index (χ1v) is 13.9. The summed E-state index contributed by atoms with van der Waals surface area (Å²) in [6.07, 6.45) is 3.36. The fraction of sp³-hybridized carbons (Fsp3) is 0.519. The average Bonchev–Trinajstić information content (AvgIpc) is 3.11. The van der Waals surface area contributed by atoms with Gasteiger partial charge in [-0.05, 0) is 70.6 Å². The number of primary amides is 1. The first kappa shape index (κ1) is 29.0. The van der Waals surface area contributed by atoms with E-state index < -0.39 is 24.5 Å². The third-order valence-electron chi connectivity index (χ3n) is 6.45. The second-order valence-electron chi connectivity index (χ2n) is 11.0. The third kappa shape index (κ3) is 7.04. The molecule has 1 aromatic heterocycles. The minimum absolute atomic E-state index is 0.118. The summed E-state index contributed by atoms with van der Waals surface area (Å²) in [7, 11) is 1.29. The maximum Gasteiger partial charge on any atom is 0.351 e. The molecule has 8 nitrogen and oxygen atoms in total. The highest BCUT2D eigenvalue weighted by Gasteiger charge is 2.38. The number of likely N-dealkylation sites (N-methyl/N-ethyl adjacent to an activating group) is 1. The normalized spacial score (nSPS) is 16.6. The minimum atomic E-state index is -0.858. The van der Waals surface area contributed by atoms with Crippen LogP contribution in [0.4, 0.5) is 10.5 Å². The Morgan fingerprint density at radius 2 is 1.84 bits per heavy atom. The molecule has 0 radical (unpaired) electrons. The van der Waals surface area contributed by atoms with Gasteiger partial charge in [0, 0.05) is 18.3 Å². The number of esters is 1. The second kappa shape index (κ2) is 11.4. The van der Waals surface area contributed by atoms with E-state index in [0.29, 0.717) is 10.5 Å². The molecule has 1 aliphatic rings. The highest BCUT2D eigenvalue weighted by molar-refractivity contribution is 9.10. The average molecular weight is 595 g/mol. The number of urea groups is 1. The molecule has 1 fully saturated rings. The van der Waals surface area contributed by atoms with Crippen LogP contribution in [0.3, 0.4) is 0 Å². The fourth-order valence-corrected chi connectivity index (χ4v) is 7.51. The van der Waals surface area contributed by atoms with Crippen LogP contribution < -0.4 is 15.8 Å². The first-order chi connectivity index (χ1) is 17.3. The molecule has 2 aromatic rings. The van der Waals surface area contributed by atoms with E-state index in [1.54, 1.807) is 6.92 Å². The maximum absolute atomic E-state index is 12.5. The number of ether oxygens (including phenoxy) is 2. The van der Waals surface area contributed by atoms with Crippen molar-refractivity contribution in [2.75, 3.05) is 25.6 Å². The van der Waals surface area contributed by atoms with Gasteiger partial charge in [0.15, 0.2) is 17.2 Å². The number of nitrogens with zero attached hydrogens (tertiary/aromatic N) is 1. The van der Waals surface area contributed by atoms with Crippen molar-refractivity contribution in [3.8, 4) is 16.2 Å². The number of amides is 3. The topological polar surface area (TPSA) is 111 Å². The SMILES string of the molecule is CCN(C(N)=O)C(=O)COc1c(C(=O)OC)sc(-c2cccc(NC3CC(C)(C)CC(C)(C)C3)c2)c1Br. The second-order valence-corrected chi connectivity index (χ2v) is 12.8. The highest BCUT2D eigenvalue weighted by atomic mass is 79.9. The maximum atomic E-state index is 12.5. The summed E-state index contributed by atoms with van der Waals surface area (Å²) in [5.74, 6) is -0.993. The van der Waals surface area contributed by atoms with E-state index in [2.05, 4.69) is 48.9 Å². The number of methoxy groups -OCH3 is 1. The van der Waals surface area contributed by atoms with Crippen LogP contribution in [0.1, 0.15) is 63.6 Å². The monoisotopic (exact) mass is 593 g/mol. The lowest BCUT2D eigenvalue weighted by atomic mass is 9.63. The van der Waals surface area contributed by atoms with E-state index in [-0.39, 0.29) is 28.0 Å². The van der Waals surface area contributed by atoms with Gasteiger partial charge in [-0.3, -0.25) is 9.69 Å². The summed E-state index contributed by atoms with van der Waals surface area (Å²) < 4.78 is 11.2. The van der Waals surface area contributed by atoms with E-state index in [4.69, 9.17) is 15.2 Å². The van der Waals surface area contributed by atoms with Crippen molar-refractivity contribution in [2.24, 2.45) is 16.6 Å². The van der Waals surface area contributed by atoms with E-state index in [1.165, 1.54) is 24.9 Å². The Morgan fingerprint density at radius 3 is 2.41 bits per heavy atom. The van der Waals surface area contributed by atoms with Crippen LogP contribution in [0.5, 0.6) is 5.75 Å². The van der Waals surface area contributed by atoms with Crippen LogP contribution in [0.15, 0.2) is 28.7 Å². The van der Waals surface area contributed by atoms with Crippen molar-refractivity contribution in [2.45, 2.75) is 59.9 Å². The number of carbonyl (C=O) groups is 3. The minimum Gasteiger partial charge on any atom is -0.481 e. The third-order valence-corrected chi connectivity index (χ3v) is 8.67. The number of benzene rings is 1. The Labute approximate surface area is 231 Å². The molecular formula is C27H36BrN3O5S. The molecule has 0 atom stereocenters. The van der Waals surface area contributed by atoms with Gasteiger partial charge in [0.25, 0.3) is 5.91 Å². The molecule has 37 heavy (non-hydrogen) atoms. The van der Waals surface area contributed by atoms with Crippen molar-refractivity contribution in [3.05, 3.63) is 33.6 Å². The predicted octanol–water partition coefficient (Wildman–Crippen LogP) is 6.29. The largest absolute Gasteiger partial charge is 0.481 e. The summed E-state index contributed by atoms with van der Waals surface area (Å²) in [6.45, 7) is 10.6. The Hall–Kier alpha value is -2.59. The van der Waals surface area contributed by atoms with Gasteiger partial charge in [-0.25, -0.2) is 9.59 Å². The van der Waals surface area contributed by atoms with Gasteiger partial charge in [0.2, 0.25) is 0 Å². The smallest absolute Gasteiger partial charge is 0.351 e. The summed E-state index contributed by atoms with van der Waals surface area (Å²) in [6, 6.07) is 7.51. The van der Waals surface area contributed by atoms with Crippen LogP contribution in [0, 0.1) is 10.8 Å². The number of carbonyl (C=O) groups excluding carboxylic acids is 3. The molecule has 0 saturated heterocycles. The molecule has 0 spiro atoms. The van der Waals surface area contributed by atoms with Crippen LogP contribution in [-0.4, -0.2) is 49.1 Å². The van der Waals surface area contributed by atoms with Gasteiger partial charge in [0.05, 0.1) is 16.5 Å². The molecule has 3 rings (SSSR count). The van der Waals surface area contributed by atoms with Crippen LogP contribution in [-0.2, 0) is 9.53 Å². The number of hydrogen-bond acceptors (Lipinski definition) is 7. The van der Waals surface area contributed by atoms with Gasteiger partial charge in [-0.1, -0.05) is 39.8 Å². The predicted molar refractivity (Wildman–Crippen MR) is 150 cm³/mol. The molecule has 1 aliphatic carbocycles. The molecule has 1 heterocycles. The van der Waals surface area contributed by atoms with Gasteiger partial charge < -0.3 is 20.5 Å². The summed E-state index contributed by atoms with van der Waals surface area (Å²) in [4.78, 5) is 38.3. The fourth-order valence-electron chi connectivity index (χ4n) is 5.54. The number of rotatable bonds is 8. The Morgan fingerprint density at radius 1 is 1.19 bits per heavy atom. The van der Waals surface area contributed by atoms with Crippen molar-refractivity contribution in [1.29, 1.82) is 0 Å². The number of imide groups is 1. The van der Waals surface area contributed by atoms with Crippen molar-refractivity contribution in [1.82, 2.24) is 4.90 Å². The quantitative estimate of drug-likeness (QED) is 0.348. The number of nitrogens with one attached hydrogen (secondary N) is 1. The highest BCUT2D eigenvalue weighted by Crippen LogP contribution is 2.48. The number of nitrogens with two attached hydrogens (primary N) is 1. The summed E-state index contributed by atoms with van der Waals surface area (Å²) in [5.41, 5.74) is 7.66. The van der Waals surface area contributed by atoms with Gasteiger partial charge >= 0.3 is 12.0 Å². The molecule has 0 bridgehead atoms. The van der Waals surface area contributed by atoms with Crippen molar-refractivity contribution < 1.29 is 23.9 Å². The number of hydrogen-bond donors (Lipinski definition) is 2. The lowest BCUT2D eigenvalue weighted by Crippen LogP contribution is -2.42. The molecular weight excluding hydrogens is 558 g/mol. The number of anilines is 1. The Kier molecular flexibility index (Phi) is 8.95. The van der Waals surface area contributed by atoms with Gasteiger partial charge in [-0.2, -0.15) is 0 Å². The zero-order chi connectivity index (χ0) is 27.5. The molecule has 1 aromatic carbocycles. The van der Waals surface area contributed by atoms with Crippen molar-refractivity contribution in [3.63, 3.8) is 0 Å². The van der Waals surface area contributed by atoms with Crippen LogP contribution >= 0.6 is 27.3 Å². The molecule has 1 saturated carbocycles. The number of halogens is 1. The van der Waals surface area contributed by atoms with E-state index in [0.717, 1.165) is 33.9 Å². The zero-order valence-electron chi connectivity index (χ0n) is 22.3. The molecule has 10 heteroatoms. The summed E-state index contributed by atoms with van der Waals surface area (Å²) in [5, 5.41) is 3.72. The van der Waals surface area contributed by atoms with E-state index in [9.17, 15) is 14.4 Å². The van der Waals surface area contributed by atoms with Crippen LogP contribution in [0.25, 0.3) is 10.4 Å². The van der Waals surface area contributed by atoms with Gasteiger partial charge in [-0.15, -0.1) is 11.3 Å². The Balaban J connectivity index is 1.88. The van der Waals surface area contributed by atoms with E-state index >= 15 is 0 Å². The molecule has 202 valence electrons. The lowest BCUT2D eigenvalue weighted by Gasteiger charge is -2.45. The zero-order valence-corrected chi connectivity index (χ0v) is 24.7. The molecule has 3 amide bonds. The lowest BCUT2D eigenvalue weighted by molar-refractivity contribution is -0.130.